The van der Waals surface area contributed by atoms with E-state index in [1.807, 2.05) is 42.7 Å². The second-order valence-electron chi connectivity index (χ2n) is 11.6. The van der Waals surface area contributed by atoms with Gasteiger partial charge in [0, 0.05) is 41.1 Å². The molecule has 42 heavy (non-hydrogen) atoms. The standard InChI is InChI=1S/C31H30BrFN6O3/c1-16-5-6-25(32)36-29(16)37-30(42)23-9-31(4)10-24(31)39(23)27(41)15-38-14-22(18(3)40)21-8-19(7-17(2)28(21)38)20-12-34-26(11-33)35-13-20/h5-8,12-14,23-24H,9-11,15H2,1-4H3,(H,36,37,42)/t23-,24+,31-/m0/s1. The zero-order valence-electron chi connectivity index (χ0n) is 23.7. The molecule has 2 fully saturated rings. The molecule has 2 aliphatic rings. The van der Waals surface area contributed by atoms with E-state index in [1.54, 1.807) is 23.5 Å². The molecule has 1 aromatic carbocycles. The SMILES string of the molecule is CC(=O)c1cn(CC(=O)N2[C@H](C(=O)Nc3nc(Br)ccc3C)C[C@@]3(C)C[C@@H]23)c2c(C)cc(-c3cnc(CF)nc3)cc12. The van der Waals surface area contributed by atoms with E-state index >= 15 is 0 Å². The highest BCUT2D eigenvalue weighted by molar-refractivity contribution is 9.10. The van der Waals surface area contributed by atoms with E-state index in [9.17, 15) is 18.8 Å². The van der Waals surface area contributed by atoms with E-state index in [2.05, 4.69) is 43.1 Å². The van der Waals surface area contributed by atoms with E-state index in [1.165, 1.54) is 6.92 Å². The molecule has 1 saturated heterocycles. The van der Waals surface area contributed by atoms with Gasteiger partial charge in [-0.1, -0.05) is 13.0 Å². The molecule has 1 N–H and O–H groups in total. The van der Waals surface area contributed by atoms with E-state index in [-0.39, 0.29) is 41.4 Å². The first-order valence-electron chi connectivity index (χ1n) is 13.8. The number of nitrogens with one attached hydrogen (secondary N) is 1. The number of alkyl halides is 1. The molecule has 0 spiro atoms. The minimum Gasteiger partial charge on any atom is -0.337 e. The van der Waals surface area contributed by atoms with Crippen LogP contribution in [-0.2, 0) is 22.8 Å². The van der Waals surface area contributed by atoms with Gasteiger partial charge in [-0.3, -0.25) is 14.4 Å². The molecule has 1 aliphatic heterocycles. The summed E-state index contributed by atoms with van der Waals surface area (Å²) in [7, 11) is 0. The summed E-state index contributed by atoms with van der Waals surface area (Å²) in [4.78, 5) is 54.3. The summed E-state index contributed by atoms with van der Waals surface area (Å²) in [6.45, 7) is 6.64. The van der Waals surface area contributed by atoms with Crippen LogP contribution in [0.2, 0.25) is 0 Å². The number of carbonyl (C=O) groups excluding carboxylic acids is 3. The average Bonchev–Trinajstić information content (AvgIpc) is 3.30. The zero-order chi connectivity index (χ0) is 29.9. The van der Waals surface area contributed by atoms with Crippen molar-refractivity contribution in [1.29, 1.82) is 0 Å². The predicted octanol–water partition coefficient (Wildman–Crippen LogP) is 5.56. The van der Waals surface area contributed by atoms with E-state index in [4.69, 9.17) is 0 Å². The van der Waals surface area contributed by atoms with Crippen LogP contribution < -0.4 is 5.32 Å². The molecule has 2 amide bonds. The number of carbonyl (C=O) groups is 3. The van der Waals surface area contributed by atoms with Gasteiger partial charge in [0.15, 0.2) is 11.6 Å². The van der Waals surface area contributed by atoms with Crippen LogP contribution in [0.25, 0.3) is 22.0 Å². The molecule has 216 valence electrons. The lowest BCUT2D eigenvalue weighted by molar-refractivity contribution is -0.138. The summed E-state index contributed by atoms with van der Waals surface area (Å²) in [5.74, 6) is 0.0115. The Balaban J connectivity index is 1.31. The van der Waals surface area contributed by atoms with Crippen LogP contribution in [0, 0.1) is 19.3 Å². The van der Waals surface area contributed by atoms with Gasteiger partial charge >= 0.3 is 0 Å². The number of amides is 2. The highest BCUT2D eigenvalue weighted by atomic mass is 79.9. The Hall–Kier alpha value is -3.99. The number of hydrogen-bond donors (Lipinski definition) is 1. The number of hydrogen-bond acceptors (Lipinski definition) is 6. The van der Waals surface area contributed by atoms with Crippen LogP contribution in [0.15, 0.2) is 47.5 Å². The van der Waals surface area contributed by atoms with Crippen LogP contribution in [-0.4, -0.2) is 54.1 Å². The maximum absolute atomic E-state index is 13.9. The van der Waals surface area contributed by atoms with Gasteiger partial charge < -0.3 is 14.8 Å². The Morgan fingerprint density at radius 2 is 1.83 bits per heavy atom. The molecular weight excluding hydrogens is 603 g/mol. The molecular formula is C31H30BrFN6O3. The number of fused-ring (bicyclic) bond motifs is 2. The Kier molecular flexibility index (Phi) is 6.95. The van der Waals surface area contributed by atoms with Crippen LogP contribution in [0.5, 0.6) is 0 Å². The molecule has 1 saturated carbocycles. The van der Waals surface area contributed by atoms with Crippen molar-refractivity contribution in [3.63, 3.8) is 0 Å². The topological polar surface area (TPSA) is 110 Å². The molecule has 4 aromatic rings. The first-order chi connectivity index (χ1) is 20.0. The van der Waals surface area contributed by atoms with Crippen molar-refractivity contribution in [2.45, 2.75) is 65.8 Å². The molecule has 6 rings (SSSR count). The van der Waals surface area contributed by atoms with Gasteiger partial charge in [0.05, 0.1) is 5.52 Å². The molecule has 11 heteroatoms. The number of pyridine rings is 1. The predicted molar refractivity (Wildman–Crippen MR) is 160 cm³/mol. The highest BCUT2D eigenvalue weighted by Crippen LogP contribution is 2.59. The number of rotatable bonds is 7. The van der Waals surface area contributed by atoms with Crippen molar-refractivity contribution in [3.8, 4) is 11.1 Å². The van der Waals surface area contributed by atoms with Crippen molar-refractivity contribution in [2.75, 3.05) is 5.32 Å². The summed E-state index contributed by atoms with van der Waals surface area (Å²) in [5.41, 5.74) is 4.35. The Morgan fingerprint density at radius 3 is 2.52 bits per heavy atom. The second-order valence-corrected chi connectivity index (χ2v) is 12.4. The van der Waals surface area contributed by atoms with Crippen molar-refractivity contribution in [2.24, 2.45) is 5.41 Å². The fraction of sp³-hybridized carbons (Fsp3) is 0.355. The van der Waals surface area contributed by atoms with Crippen LogP contribution in [0.4, 0.5) is 10.2 Å². The first kappa shape index (κ1) is 28.1. The van der Waals surface area contributed by atoms with Gasteiger partial charge in [-0.05, 0) is 89.8 Å². The molecule has 3 aromatic heterocycles. The van der Waals surface area contributed by atoms with E-state index in [0.717, 1.165) is 28.6 Å². The highest BCUT2D eigenvalue weighted by Gasteiger charge is 2.64. The quantitative estimate of drug-likeness (QED) is 0.211. The average molecular weight is 634 g/mol. The molecule has 1 aliphatic carbocycles. The van der Waals surface area contributed by atoms with Gasteiger partial charge in [-0.15, -0.1) is 0 Å². The maximum atomic E-state index is 13.9. The van der Waals surface area contributed by atoms with Gasteiger partial charge in [-0.2, -0.15) is 0 Å². The maximum Gasteiger partial charge on any atom is 0.248 e. The van der Waals surface area contributed by atoms with Gasteiger partial charge in [0.1, 0.15) is 29.7 Å². The summed E-state index contributed by atoms with van der Waals surface area (Å²) in [6, 6.07) is 6.88. The van der Waals surface area contributed by atoms with Gasteiger partial charge in [-0.25, -0.2) is 19.3 Å². The summed E-state index contributed by atoms with van der Waals surface area (Å²) < 4.78 is 15.3. The van der Waals surface area contributed by atoms with Crippen molar-refractivity contribution in [3.05, 3.63) is 70.0 Å². The largest absolute Gasteiger partial charge is 0.337 e. The number of likely N-dealkylation sites (tertiary alicyclic amines) is 1. The third-order valence-electron chi connectivity index (χ3n) is 8.54. The number of piperidine rings is 1. The molecule has 0 unspecified atom stereocenters. The number of benzene rings is 1. The van der Waals surface area contributed by atoms with E-state index in [0.29, 0.717) is 33.4 Å². The smallest absolute Gasteiger partial charge is 0.248 e. The van der Waals surface area contributed by atoms with Gasteiger partial charge in [0.2, 0.25) is 11.8 Å². The van der Waals surface area contributed by atoms with Crippen molar-refractivity contribution >= 4 is 50.2 Å². The first-order valence-corrected chi connectivity index (χ1v) is 14.5. The number of ketones is 1. The monoisotopic (exact) mass is 632 g/mol. The molecule has 3 atom stereocenters. The second kappa shape index (κ2) is 10.4. The molecule has 0 radical (unpaired) electrons. The fourth-order valence-electron chi connectivity index (χ4n) is 6.22. The number of aromatic nitrogens is 4. The minimum atomic E-state index is -0.746. The van der Waals surface area contributed by atoms with Crippen LogP contribution in [0.1, 0.15) is 54.0 Å². The molecule has 0 bridgehead atoms. The van der Waals surface area contributed by atoms with Crippen molar-refractivity contribution < 1.29 is 18.8 Å². The third kappa shape index (κ3) is 4.89. The third-order valence-corrected chi connectivity index (χ3v) is 8.98. The Bertz CT molecular complexity index is 1770. The Labute approximate surface area is 250 Å². The van der Waals surface area contributed by atoms with Crippen LogP contribution >= 0.6 is 15.9 Å². The summed E-state index contributed by atoms with van der Waals surface area (Å²) in [5, 5.41) is 3.64. The number of anilines is 1. The van der Waals surface area contributed by atoms with Crippen LogP contribution in [0.3, 0.4) is 0 Å². The number of aryl methyl sites for hydroxylation is 2. The molecule has 9 nitrogen and oxygen atoms in total. The summed E-state index contributed by atoms with van der Waals surface area (Å²) >= 11 is 3.35. The normalized spacial score (nSPS) is 21.0. The Morgan fingerprint density at radius 1 is 1.10 bits per heavy atom. The number of nitrogens with zero attached hydrogens (tertiary/aromatic N) is 5. The van der Waals surface area contributed by atoms with Gasteiger partial charge in [0.25, 0.3) is 0 Å². The fourth-order valence-corrected chi connectivity index (χ4v) is 6.53. The lowest BCUT2D eigenvalue weighted by Crippen LogP contribution is -2.46. The minimum absolute atomic E-state index is 0.00795. The summed E-state index contributed by atoms with van der Waals surface area (Å²) in [6.07, 6.45) is 6.28. The van der Waals surface area contributed by atoms with Crippen molar-refractivity contribution in [1.82, 2.24) is 24.4 Å². The number of halogens is 2. The molecule has 4 heterocycles. The number of Topliss-reactive ketones (excluding diaryl/α,β-unsaturated/α-hetero) is 1. The lowest BCUT2D eigenvalue weighted by Gasteiger charge is -2.27. The lowest BCUT2D eigenvalue weighted by atomic mass is 10.0. The van der Waals surface area contributed by atoms with E-state index < -0.39 is 12.7 Å². The zero-order valence-corrected chi connectivity index (χ0v) is 25.3.